The molecule has 2 aromatic rings. The molecule has 0 amide bonds. The van der Waals surface area contributed by atoms with E-state index < -0.39 is 16.0 Å². The zero-order valence-corrected chi connectivity index (χ0v) is 14.8. The van der Waals surface area contributed by atoms with E-state index >= 15 is 0 Å². The second-order valence-electron chi connectivity index (χ2n) is 5.89. The molecule has 134 valence electrons. The monoisotopic (exact) mass is 384 g/mol. The number of rotatable bonds is 6. The summed E-state index contributed by atoms with van der Waals surface area (Å²) in [7, 11) is -3.71. The Morgan fingerprint density at radius 3 is 2.72 bits per heavy atom. The van der Waals surface area contributed by atoms with Crippen molar-refractivity contribution in [2.45, 2.75) is 10.6 Å². The van der Waals surface area contributed by atoms with Gasteiger partial charge in [0.1, 0.15) is 10.0 Å². The molecule has 1 aliphatic heterocycles. The Morgan fingerprint density at radius 1 is 1.36 bits per heavy atom. The van der Waals surface area contributed by atoms with Crippen LogP contribution in [0.25, 0.3) is 0 Å². The largest absolute Gasteiger partial charge is 0.478 e. The smallest absolute Gasteiger partial charge is 0.336 e. The number of carbonyl (C=O) groups is 1. The van der Waals surface area contributed by atoms with Gasteiger partial charge in [-0.1, -0.05) is 0 Å². The predicted molar refractivity (Wildman–Crippen MR) is 93.2 cm³/mol. The molecule has 1 aromatic heterocycles. The van der Waals surface area contributed by atoms with Crippen molar-refractivity contribution in [2.75, 3.05) is 24.5 Å². The number of carboxylic acid groups (broad SMARTS) is 1. The van der Waals surface area contributed by atoms with Gasteiger partial charge in [0.2, 0.25) is 10.0 Å². The summed E-state index contributed by atoms with van der Waals surface area (Å²) in [6, 6.07) is 7.39. The summed E-state index contributed by atoms with van der Waals surface area (Å²) in [5.41, 5.74) is 0.879. The molecule has 1 atom stereocenters. The van der Waals surface area contributed by atoms with Gasteiger partial charge in [-0.15, -0.1) is 11.3 Å². The molecule has 1 saturated heterocycles. The van der Waals surface area contributed by atoms with Crippen molar-refractivity contribution in [3.05, 3.63) is 47.1 Å². The summed E-state index contributed by atoms with van der Waals surface area (Å²) in [5, 5.41) is 10.2. The molecule has 1 fully saturated rings. The van der Waals surface area contributed by atoms with Crippen LogP contribution in [-0.2, 0) is 10.0 Å². The molecule has 6 nitrogen and oxygen atoms in total. The van der Waals surface area contributed by atoms with Crippen LogP contribution in [0, 0.1) is 11.7 Å². The van der Waals surface area contributed by atoms with E-state index in [9.17, 15) is 17.6 Å². The first-order chi connectivity index (χ1) is 11.8. The number of halogens is 1. The Bertz CT molecular complexity index is 865. The molecule has 1 aromatic carbocycles. The molecule has 0 radical (unpaired) electrons. The molecule has 3 rings (SSSR count). The van der Waals surface area contributed by atoms with E-state index in [-0.39, 0.29) is 28.1 Å². The molecule has 0 saturated carbocycles. The summed E-state index contributed by atoms with van der Waals surface area (Å²) in [6.45, 7) is 1.74. The highest BCUT2D eigenvalue weighted by Gasteiger charge is 2.25. The number of benzene rings is 1. The fraction of sp³-hybridized carbons (Fsp3) is 0.312. The number of hydrogen-bond donors (Lipinski definition) is 2. The standard InChI is InChI=1S/C16H17FN2O4S2/c17-13-1-3-14(4-2-13)19-6-5-11(9-19)8-18-25(22,23)15-7-12(10-24-15)16(20)21/h1-4,7,10-11,18H,5-6,8-9H2,(H,20,21)/t11-/m1/s1. The summed E-state index contributed by atoms with van der Waals surface area (Å²) in [5.74, 6) is -1.30. The second-order valence-corrected chi connectivity index (χ2v) is 8.79. The minimum Gasteiger partial charge on any atom is -0.478 e. The Kier molecular flexibility index (Phi) is 5.07. The zero-order valence-electron chi connectivity index (χ0n) is 13.2. The number of aromatic carboxylic acids is 1. The Hall–Kier alpha value is -1.97. The maximum absolute atomic E-state index is 13.0. The maximum Gasteiger partial charge on any atom is 0.336 e. The van der Waals surface area contributed by atoms with Crippen LogP contribution in [-0.4, -0.2) is 39.1 Å². The predicted octanol–water partition coefficient (Wildman–Crippen LogP) is 2.39. The van der Waals surface area contributed by atoms with Gasteiger partial charge >= 0.3 is 5.97 Å². The van der Waals surface area contributed by atoms with Crippen molar-refractivity contribution in [3.8, 4) is 0 Å². The van der Waals surface area contributed by atoms with Crippen LogP contribution in [0.4, 0.5) is 10.1 Å². The molecular formula is C16H17FN2O4S2. The Morgan fingerprint density at radius 2 is 2.08 bits per heavy atom. The van der Waals surface area contributed by atoms with E-state index in [2.05, 4.69) is 9.62 Å². The normalized spacial score (nSPS) is 17.8. The van der Waals surface area contributed by atoms with Gasteiger partial charge in [-0.2, -0.15) is 0 Å². The molecular weight excluding hydrogens is 367 g/mol. The van der Waals surface area contributed by atoms with Gasteiger partial charge in [0, 0.05) is 30.7 Å². The summed E-state index contributed by atoms with van der Waals surface area (Å²) in [6.07, 6.45) is 0.824. The number of nitrogens with zero attached hydrogens (tertiary/aromatic N) is 1. The molecule has 2 heterocycles. The van der Waals surface area contributed by atoms with Crippen LogP contribution in [0.15, 0.2) is 39.9 Å². The van der Waals surface area contributed by atoms with Gasteiger partial charge in [0.05, 0.1) is 5.56 Å². The third kappa shape index (κ3) is 4.17. The lowest BCUT2D eigenvalue weighted by Crippen LogP contribution is -2.30. The maximum atomic E-state index is 13.0. The molecule has 0 unspecified atom stereocenters. The van der Waals surface area contributed by atoms with E-state index in [1.54, 1.807) is 12.1 Å². The molecule has 0 bridgehead atoms. The van der Waals surface area contributed by atoms with Crippen LogP contribution in [0.1, 0.15) is 16.8 Å². The molecule has 25 heavy (non-hydrogen) atoms. The van der Waals surface area contributed by atoms with Crippen LogP contribution < -0.4 is 9.62 Å². The van der Waals surface area contributed by atoms with Gasteiger partial charge in [0.25, 0.3) is 0 Å². The zero-order chi connectivity index (χ0) is 18.0. The number of carboxylic acids is 1. The Labute approximate surface area is 149 Å². The average molecular weight is 384 g/mol. The van der Waals surface area contributed by atoms with Crippen molar-refractivity contribution in [2.24, 2.45) is 5.92 Å². The van der Waals surface area contributed by atoms with E-state index in [0.29, 0.717) is 6.54 Å². The second kappa shape index (κ2) is 7.11. The molecule has 2 N–H and O–H groups in total. The van der Waals surface area contributed by atoms with E-state index in [4.69, 9.17) is 5.11 Å². The van der Waals surface area contributed by atoms with Crippen molar-refractivity contribution in [3.63, 3.8) is 0 Å². The fourth-order valence-electron chi connectivity index (χ4n) is 2.75. The van der Waals surface area contributed by atoms with Crippen molar-refractivity contribution < 1.29 is 22.7 Å². The molecule has 1 aliphatic rings. The van der Waals surface area contributed by atoms with Crippen molar-refractivity contribution >= 4 is 33.0 Å². The lowest BCUT2D eigenvalue weighted by Gasteiger charge is -2.18. The summed E-state index contributed by atoms with van der Waals surface area (Å²) >= 11 is 0.889. The molecule has 0 spiro atoms. The lowest BCUT2D eigenvalue weighted by atomic mass is 10.1. The first kappa shape index (κ1) is 17.8. The number of nitrogens with one attached hydrogen (secondary N) is 1. The van der Waals surface area contributed by atoms with Crippen LogP contribution >= 0.6 is 11.3 Å². The van der Waals surface area contributed by atoms with Gasteiger partial charge in [-0.3, -0.25) is 0 Å². The van der Waals surface area contributed by atoms with E-state index in [1.165, 1.54) is 17.5 Å². The third-order valence-electron chi connectivity index (χ3n) is 4.13. The average Bonchev–Trinajstić information content (AvgIpc) is 3.24. The quantitative estimate of drug-likeness (QED) is 0.799. The Balaban J connectivity index is 1.58. The highest BCUT2D eigenvalue weighted by Crippen LogP contribution is 2.25. The van der Waals surface area contributed by atoms with Crippen LogP contribution in [0.2, 0.25) is 0 Å². The fourth-order valence-corrected chi connectivity index (χ4v) is 5.07. The van der Waals surface area contributed by atoms with Crippen molar-refractivity contribution in [1.82, 2.24) is 4.72 Å². The summed E-state index contributed by atoms with van der Waals surface area (Å²) in [4.78, 5) is 13.0. The van der Waals surface area contributed by atoms with Crippen LogP contribution in [0.5, 0.6) is 0 Å². The van der Waals surface area contributed by atoms with E-state index in [0.717, 1.165) is 36.1 Å². The number of hydrogen-bond acceptors (Lipinski definition) is 5. The van der Waals surface area contributed by atoms with Gasteiger partial charge < -0.3 is 10.0 Å². The molecule has 0 aliphatic carbocycles. The van der Waals surface area contributed by atoms with Gasteiger partial charge in [0.15, 0.2) is 0 Å². The topological polar surface area (TPSA) is 86.7 Å². The highest BCUT2D eigenvalue weighted by molar-refractivity contribution is 7.91. The minimum atomic E-state index is -3.71. The number of anilines is 1. The van der Waals surface area contributed by atoms with Crippen molar-refractivity contribution in [1.29, 1.82) is 0 Å². The van der Waals surface area contributed by atoms with Gasteiger partial charge in [-0.25, -0.2) is 22.3 Å². The summed E-state index contributed by atoms with van der Waals surface area (Å²) < 4.78 is 40.1. The molecule has 9 heteroatoms. The number of thiophene rings is 1. The minimum absolute atomic E-state index is 0.00159. The highest BCUT2D eigenvalue weighted by atomic mass is 32.2. The lowest BCUT2D eigenvalue weighted by molar-refractivity contribution is 0.0697. The SMILES string of the molecule is O=C(O)c1csc(S(=O)(=O)NC[C@H]2CCN(c3ccc(F)cc3)C2)c1. The van der Waals surface area contributed by atoms with Gasteiger partial charge in [-0.05, 0) is 42.7 Å². The van der Waals surface area contributed by atoms with E-state index in [1.807, 2.05) is 0 Å². The first-order valence-electron chi connectivity index (χ1n) is 7.67. The third-order valence-corrected chi connectivity index (χ3v) is 6.99. The van der Waals surface area contributed by atoms with Crippen LogP contribution in [0.3, 0.4) is 0 Å². The number of sulfonamides is 1. The first-order valence-corrected chi connectivity index (χ1v) is 10.0.